The number of methoxy groups -OCH3 is 1. The molecule has 1 heterocycles. The normalized spacial score (nSPS) is 12.0. The molecular formula is C13H20BrN3O2. The van der Waals surface area contributed by atoms with E-state index in [4.69, 9.17) is 4.74 Å². The van der Waals surface area contributed by atoms with Gasteiger partial charge in [0, 0.05) is 30.9 Å². The van der Waals surface area contributed by atoms with E-state index in [9.17, 15) is 4.79 Å². The lowest BCUT2D eigenvalue weighted by Crippen LogP contribution is -2.32. The van der Waals surface area contributed by atoms with Crippen LogP contribution in [0, 0.1) is 0 Å². The fraction of sp³-hybridized carbons (Fsp3) is 0.538. The van der Waals surface area contributed by atoms with Crippen LogP contribution in [0.2, 0.25) is 0 Å². The van der Waals surface area contributed by atoms with Gasteiger partial charge in [-0.2, -0.15) is 0 Å². The van der Waals surface area contributed by atoms with E-state index >= 15 is 0 Å². The standard InChI is InChI=1S/C13H20BrN3O2/c1-4-5-15-12-11(6-10(14)8-16-12)13(18)17-7-9(2)19-3/h6,8-9H,4-5,7H2,1-3H3,(H,15,16)(H,17,18). The number of hydrogen-bond acceptors (Lipinski definition) is 4. The Labute approximate surface area is 122 Å². The molecule has 0 spiro atoms. The number of rotatable bonds is 7. The van der Waals surface area contributed by atoms with Gasteiger partial charge in [-0.15, -0.1) is 0 Å². The fourth-order valence-electron chi connectivity index (χ4n) is 1.41. The Morgan fingerprint density at radius 3 is 2.95 bits per heavy atom. The Bertz CT molecular complexity index is 426. The lowest BCUT2D eigenvalue weighted by atomic mass is 10.2. The van der Waals surface area contributed by atoms with Crippen molar-refractivity contribution in [2.45, 2.75) is 26.4 Å². The largest absolute Gasteiger partial charge is 0.380 e. The van der Waals surface area contributed by atoms with Crippen LogP contribution in [0.15, 0.2) is 16.7 Å². The Kier molecular flexibility index (Phi) is 6.80. The number of anilines is 1. The number of carbonyl (C=O) groups is 1. The summed E-state index contributed by atoms with van der Waals surface area (Å²) in [5.74, 6) is 0.448. The second-order valence-corrected chi connectivity index (χ2v) is 5.15. The van der Waals surface area contributed by atoms with E-state index in [1.807, 2.05) is 6.92 Å². The smallest absolute Gasteiger partial charge is 0.255 e. The van der Waals surface area contributed by atoms with Gasteiger partial charge in [-0.25, -0.2) is 4.98 Å². The molecule has 1 aromatic rings. The summed E-state index contributed by atoms with van der Waals surface area (Å²) in [5, 5.41) is 5.98. The Balaban J connectivity index is 2.78. The van der Waals surface area contributed by atoms with Crippen molar-refractivity contribution >= 4 is 27.7 Å². The first-order chi connectivity index (χ1) is 9.08. The van der Waals surface area contributed by atoms with Crippen LogP contribution in [0.5, 0.6) is 0 Å². The molecule has 1 amide bonds. The quantitative estimate of drug-likeness (QED) is 0.806. The van der Waals surface area contributed by atoms with Gasteiger partial charge in [0.2, 0.25) is 0 Å². The van der Waals surface area contributed by atoms with Gasteiger partial charge >= 0.3 is 0 Å². The maximum absolute atomic E-state index is 12.1. The molecule has 0 radical (unpaired) electrons. The molecule has 19 heavy (non-hydrogen) atoms. The fourth-order valence-corrected chi connectivity index (χ4v) is 1.74. The highest BCUT2D eigenvalue weighted by Gasteiger charge is 2.13. The van der Waals surface area contributed by atoms with Crippen LogP contribution in [0.4, 0.5) is 5.82 Å². The monoisotopic (exact) mass is 329 g/mol. The molecule has 6 heteroatoms. The third-order valence-corrected chi connectivity index (χ3v) is 3.03. The minimum atomic E-state index is -0.156. The van der Waals surface area contributed by atoms with Gasteiger partial charge < -0.3 is 15.4 Å². The highest BCUT2D eigenvalue weighted by molar-refractivity contribution is 9.10. The van der Waals surface area contributed by atoms with E-state index < -0.39 is 0 Å². The summed E-state index contributed by atoms with van der Waals surface area (Å²) in [6.45, 7) is 5.21. The summed E-state index contributed by atoms with van der Waals surface area (Å²) in [4.78, 5) is 16.4. The van der Waals surface area contributed by atoms with Crippen LogP contribution in [0.25, 0.3) is 0 Å². The minimum absolute atomic E-state index is 0.0175. The lowest BCUT2D eigenvalue weighted by molar-refractivity contribution is 0.0871. The molecule has 0 fully saturated rings. The van der Waals surface area contributed by atoms with Crippen molar-refractivity contribution < 1.29 is 9.53 Å². The highest BCUT2D eigenvalue weighted by atomic mass is 79.9. The zero-order valence-corrected chi connectivity index (χ0v) is 13.1. The Hall–Kier alpha value is -1.14. The van der Waals surface area contributed by atoms with Crippen LogP contribution in [0.1, 0.15) is 30.6 Å². The van der Waals surface area contributed by atoms with Gasteiger partial charge in [0.1, 0.15) is 5.82 Å². The van der Waals surface area contributed by atoms with Crippen molar-refractivity contribution in [3.05, 3.63) is 22.3 Å². The maximum atomic E-state index is 12.1. The van der Waals surface area contributed by atoms with Gasteiger partial charge in [0.25, 0.3) is 5.91 Å². The molecule has 2 N–H and O–H groups in total. The van der Waals surface area contributed by atoms with Crippen molar-refractivity contribution in [3.63, 3.8) is 0 Å². The number of aromatic nitrogens is 1. The number of hydrogen-bond donors (Lipinski definition) is 2. The Morgan fingerprint density at radius 2 is 2.32 bits per heavy atom. The van der Waals surface area contributed by atoms with E-state index in [1.165, 1.54) is 0 Å². The number of carbonyl (C=O) groups excluding carboxylic acids is 1. The van der Waals surface area contributed by atoms with E-state index in [1.54, 1.807) is 19.4 Å². The summed E-state index contributed by atoms with van der Waals surface area (Å²) in [5.41, 5.74) is 0.533. The summed E-state index contributed by atoms with van der Waals surface area (Å²) >= 11 is 3.33. The van der Waals surface area contributed by atoms with Crippen LogP contribution in [-0.2, 0) is 4.74 Å². The number of pyridine rings is 1. The van der Waals surface area contributed by atoms with Crippen molar-refractivity contribution in [2.75, 3.05) is 25.5 Å². The molecule has 1 atom stereocenters. The maximum Gasteiger partial charge on any atom is 0.255 e. The minimum Gasteiger partial charge on any atom is -0.380 e. The molecule has 0 saturated carbocycles. The second-order valence-electron chi connectivity index (χ2n) is 4.23. The predicted octanol–water partition coefficient (Wildman–Crippen LogP) is 2.43. The van der Waals surface area contributed by atoms with Gasteiger partial charge in [-0.3, -0.25) is 4.79 Å². The van der Waals surface area contributed by atoms with Crippen LogP contribution in [0.3, 0.4) is 0 Å². The molecule has 106 valence electrons. The molecule has 0 bridgehead atoms. The van der Waals surface area contributed by atoms with Crippen LogP contribution in [-0.4, -0.2) is 37.2 Å². The van der Waals surface area contributed by atoms with E-state index in [0.717, 1.165) is 17.4 Å². The van der Waals surface area contributed by atoms with Crippen LogP contribution >= 0.6 is 15.9 Å². The predicted molar refractivity (Wildman–Crippen MR) is 79.5 cm³/mol. The number of nitrogens with zero attached hydrogens (tertiary/aromatic N) is 1. The van der Waals surface area contributed by atoms with Crippen molar-refractivity contribution in [1.29, 1.82) is 0 Å². The molecule has 0 aliphatic rings. The third kappa shape index (κ3) is 5.16. The Morgan fingerprint density at radius 1 is 1.58 bits per heavy atom. The summed E-state index contributed by atoms with van der Waals surface area (Å²) in [6.07, 6.45) is 2.63. The zero-order valence-electron chi connectivity index (χ0n) is 11.5. The molecule has 0 aliphatic carbocycles. The molecule has 0 aromatic carbocycles. The highest BCUT2D eigenvalue weighted by Crippen LogP contribution is 2.18. The first-order valence-electron chi connectivity index (χ1n) is 6.28. The number of halogens is 1. The van der Waals surface area contributed by atoms with Crippen molar-refractivity contribution in [2.24, 2.45) is 0 Å². The SMILES string of the molecule is CCCNc1ncc(Br)cc1C(=O)NCC(C)OC. The number of amides is 1. The number of nitrogens with one attached hydrogen (secondary N) is 2. The van der Waals surface area contributed by atoms with E-state index in [2.05, 4.69) is 38.5 Å². The van der Waals surface area contributed by atoms with Crippen LogP contribution < -0.4 is 10.6 Å². The third-order valence-electron chi connectivity index (χ3n) is 2.59. The van der Waals surface area contributed by atoms with Gasteiger partial charge in [-0.05, 0) is 35.3 Å². The first kappa shape index (κ1) is 15.9. The lowest BCUT2D eigenvalue weighted by Gasteiger charge is -2.13. The van der Waals surface area contributed by atoms with E-state index in [0.29, 0.717) is 17.9 Å². The molecule has 5 nitrogen and oxygen atoms in total. The average Bonchev–Trinajstić information content (AvgIpc) is 2.42. The second kappa shape index (κ2) is 8.12. The van der Waals surface area contributed by atoms with Crippen molar-refractivity contribution in [3.8, 4) is 0 Å². The molecule has 1 aromatic heterocycles. The van der Waals surface area contributed by atoms with Gasteiger partial charge in [-0.1, -0.05) is 6.92 Å². The molecule has 0 aliphatic heterocycles. The zero-order chi connectivity index (χ0) is 14.3. The first-order valence-corrected chi connectivity index (χ1v) is 7.08. The van der Waals surface area contributed by atoms with Crippen molar-refractivity contribution in [1.82, 2.24) is 10.3 Å². The summed E-state index contributed by atoms with van der Waals surface area (Å²) < 4.78 is 5.88. The number of ether oxygens (including phenoxy) is 1. The van der Waals surface area contributed by atoms with E-state index in [-0.39, 0.29) is 12.0 Å². The molecule has 1 rings (SSSR count). The molecule has 0 saturated heterocycles. The van der Waals surface area contributed by atoms with Gasteiger partial charge in [0.15, 0.2) is 0 Å². The summed E-state index contributed by atoms with van der Waals surface area (Å²) in [7, 11) is 1.62. The molecular weight excluding hydrogens is 310 g/mol. The summed E-state index contributed by atoms with van der Waals surface area (Å²) in [6, 6.07) is 1.76. The molecule has 1 unspecified atom stereocenters. The topological polar surface area (TPSA) is 63.2 Å². The van der Waals surface area contributed by atoms with Gasteiger partial charge in [0.05, 0.1) is 11.7 Å². The average molecular weight is 330 g/mol.